The highest BCUT2D eigenvalue weighted by Crippen LogP contribution is 2.34. The van der Waals surface area contributed by atoms with Gasteiger partial charge in [0.2, 0.25) is 5.95 Å². The van der Waals surface area contributed by atoms with Crippen LogP contribution in [0.25, 0.3) is 0 Å². The fourth-order valence-corrected chi connectivity index (χ4v) is 2.87. The van der Waals surface area contributed by atoms with Crippen LogP contribution in [0.15, 0.2) is 65.5 Å². The monoisotopic (exact) mass is 451 g/mol. The number of hydrogen-bond acceptors (Lipinski definition) is 5. The molecule has 0 saturated carbocycles. The van der Waals surface area contributed by atoms with Crippen molar-refractivity contribution >= 4 is 23.2 Å². The Kier molecular flexibility index (Phi) is 11.6. The van der Waals surface area contributed by atoms with Crippen molar-refractivity contribution in [2.45, 2.75) is 41.0 Å². The Balaban J connectivity index is 0.00000233. The third-order valence-electron chi connectivity index (χ3n) is 4.03. The second-order valence-electron chi connectivity index (χ2n) is 6.21. The molecule has 1 amide bonds. The maximum absolute atomic E-state index is 15.5. The average molecular weight is 452 g/mol. The zero-order valence-corrected chi connectivity index (χ0v) is 19.4. The first-order valence-electron chi connectivity index (χ1n) is 10.2. The van der Waals surface area contributed by atoms with Crippen LogP contribution in [0.5, 0.6) is 0 Å². The van der Waals surface area contributed by atoms with Crippen molar-refractivity contribution < 1.29 is 19.1 Å². The maximum atomic E-state index is 15.5. The minimum atomic E-state index is -0.658. The Labute approximate surface area is 188 Å². The van der Waals surface area contributed by atoms with Crippen molar-refractivity contribution in [3.05, 3.63) is 76.1 Å². The SMILES string of the molecule is C/C=C1/C=C(C(=O)NOCCO)C(Nc2ccc(C)cc2Cl)=C(F)N1/C=C/CC.CC. The number of anilines is 1. The molecule has 0 bridgehead atoms. The molecule has 1 heterocycles. The van der Waals surface area contributed by atoms with Gasteiger partial charge < -0.3 is 10.4 Å². The van der Waals surface area contributed by atoms with Crippen LogP contribution in [0.1, 0.15) is 39.7 Å². The molecule has 0 saturated heterocycles. The van der Waals surface area contributed by atoms with Gasteiger partial charge in [0.25, 0.3) is 5.91 Å². The summed E-state index contributed by atoms with van der Waals surface area (Å²) < 4.78 is 15.5. The van der Waals surface area contributed by atoms with Crippen LogP contribution in [-0.4, -0.2) is 29.1 Å². The molecule has 1 aromatic carbocycles. The lowest BCUT2D eigenvalue weighted by Crippen LogP contribution is -2.32. The van der Waals surface area contributed by atoms with Gasteiger partial charge in [0, 0.05) is 11.9 Å². The Hall–Kier alpha value is -2.61. The number of carbonyl (C=O) groups is 1. The van der Waals surface area contributed by atoms with Gasteiger partial charge in [-0.15, -0.1) is 0 Å². The quantitative estimate of drug-likeness (QED) is 0.283. The first-order chi connectivity index (χ1) is 14.9. The number of hydrogen-bond donors (Lipinski definition) is 3. The second-order valence-corrected chi connectivity index (χ2v) is 6.62. The number of hydroxylamine groups is 1. The van der Waals surface area contributed by atoms with E-state index in [0.717, 1.165) is 12.0 Å². The van der Waals surface area contributed by atoms with Gasteiger partial charge in [0.1, 0.15) is 5.70 Å². The summed E-state index contributed by atoms with van der Waals surface area (Å²) in [6.07, 6.45) is 7.38. The number of nitrogens with one attached hydrogen (secondary N) is 2. The summed E-state index contributed by atoms with van der Waals surface area (Å²) in [5.74, 6) is -1.31. The zero-order chi connectivity index (χ0) is 23.4. The molecule has 0 radical (unpaired) electrons. The minimum Gasteiger partial charge on any atom is -0.394 e. The third kappa shape index (κ3) is 7.24. The predicted molar refractivity (Wildman–Crippen MR) is 124 cm³/mol. The molecule has 6 nitrogen and oxygen atoms in total. The van der Waals surface area contributed by atoms with Crippen LogP contribution in [0.4, 0.5) is 10.1 Å². The van der Waals surface area contributed by atoms with Crippen LogP contribution in [0, 0.1) is 6.92 Å². The molecule has 0 atom stereocenters. The minimum absolute atomic E-state index is 0.0336. The van der Waals surface area contributed by atoms with E-state index < -0.39 is 11.9 Å². The lowest BCUT2D eigenvalue weighted by Gasteiger charge is -2.28. The number of aliphatic hydroxyl groups is 1. The van der Waals surface area contributed by atoms with Crippen molar-refractivity contribution in [2.75, 3.05) is 18.5 Å². The van der Waals surface area contributed by atoms with Crippen LogP contribution in [0.3, 0.4) is 0 Å². The number of benzene rings is 1. The summed E-state index contributed by atoms with van der Waals surface area (Å²) in [6, 6.07) is 5.29. The molecule has 1 aliphatic rings. The highest BCUT2D eigenvalue weighted by Gasteiger charge is 2.29. The van der Waals surface area contributed by atoms with Gasteiger partial charge in [0.15, 0.2) is 0 Å². The number of aliphatic hydroxyl groups excluding tert-OH is 1. The lowest BCUT2D eigenvalue weighted by atomic mass is 10.1. The summed E-state index contributed by atoms with van der Waals surface area (Å²) in [5, 5.41) is 12.1. The van der Waals surface area contributed by atoms with Crippen molar-refractivity contribution in [1.29, 1.82) is 0 Å². The van der Waals surface area contributed by atoms with Crippen molar-refractivity contribution in [2.24, 2.45) is 0 Å². The van der Waals surface area contributed by atoms with Gasteiger partial charge in [-0.3, -0.25) is 14.5 Å². The number of amides is 1. The fraction of sp³-hybridized carbons (Fsp3) is 0.348. The number of rotatable bonds is 8. The summed E-state index contributed by atoms with van der Waals surface area (Å²) in [7, 11) is 0. The highest BCUT2D eigenvalue weighted by atomic mass is 35.5. The number of carbonyl (C=O) groups excluding carboxylic acids is 1. The van der Waals surface area contributed by atoms with E-state index in [1.165, 1.54) is 4.90 Å². The third-order valence-corrected chi connectivity index (χ3v) is 4.34. The number of allylic oxidation sites excluding steroid dienone is 3. The van der Waals surface area contributed by atoms with Crippen LogP contribution >= 0.6 is 11.6 Å². The molecule has 0 aromatic heterocycles. The van der Waals surface area contributed by atoms with E-state index in [9.17, 15) is 4.79 Å². The van der Waals surface area contributed by atoms with Gasteiger partial charge in [-0.25, -0.2) is 5.48 Å². The molecule has 0 unspecified atom stereocenters. The fourth-order valence-electron chi connectivity index (χ4n) is 2.59. The normalized spacial score (nSPS) is 15.0. The van der Waals surface area contributed by atoms with E-state index in [2.05, 4.69) is 10.8 Å². The van der Waals surface area contributed by atoms with Crippen molar-refractivity contribution in [3.8, 4) is 0 Å². The summed E-state index contributed by atoms with van der Waals surface area (Å²) >= 11 is 6.28. The second kappa shape index (κ2) is 13.6. The Morgan fingerprint density at radius 2 is 2.06 bits per heavy atom. The Bertz CT molecular complexity index is 879. The molecule has 0 spiro atoms. The molecule has 2 rings (SSSR count). The number of halogens is 2. The summed E-state index contributed by atoms with van der Waals surface area (Å²) in [4.78, 5) is 18.9. The molecule has 8 heteroatoms. The lowest BCUT2D eigenvalue weighted by molar-refractivity contribution is -0.130. The van der Waals surface area contributed by atoms with E-state index >= 15 is 4.39 Å². The summed E-state index contributed by atoms with van der Waals surface area (Å²) in [5.41, 5.74) is 4.09. The number of aryl methyl sites for hydroxylation is 1. The molecule has 170 valence electrons. The van der Waals surface area contributed by atoms with Gasteiger partial charge in [-0.1, -0.05) is 50.6 Å². The van der Waals surface area contributed by atoms with E-state index in [1.807, 2.05) is 39.8 Å². The average Bonchev–Trinajstić information content (AvgIpc) is 2.77. The standard InChI is InChI=1S/C21H25ClFN3O3.C2H6/c1-4-6-9-26-15(5-2)13-16(21(28)25-29-11-10-27)19(20(26)23)24-18-8-7-14(3)12-17(18)22;1-2/h5-9,12-13,24,27H,4,10-11H2,1-3H3,(H,25,28);1-2H3/b9-6+,15-5-;. The van der Waals surface area contributed by atoms with Gasteiger partial charge >= 0.3 is 0 Å². The van der Waals surface area contributed by atoms with Gasteiger partial charge in [-0.2, -0.15) is 4.39 Å². The predicted octanol–water partition coefficient (Wildman–Crippen LogP) is 5.33. The Morgan fingerprint density at radius 3 is 2.65 bits per heavy atom. The van der Waals surface area contributed by atoms with Crippen molar-refractivity contribution in [1.82, 2.24) is 10.4 Å². The van der Waals surface area contributed by atoms with Crippen LogP contribution in [0.2, 0.25) is 5.02 Å². The van der Waals surface area contributed by atoms with E-state index in [-0.39, 0.29) is 24.5 Å². The zero-order valence-electron chi connectivity index (χ0n) is 18.6. The molecule has 0 fully saturated rings. The van der Waals surface area contributed by atoms with Crippen LogP contribution < -0.4 is 10.8 Å². The molecule has 31 heavy (non-hydrogen) atoms. The molecule has 1 aromatic rings. The smallest absolute Gasteiger partial charge is 0.277 e. The van der Waals surface area contributed by atoms with Gasteiger partial charge in [-0.05, 0) is 44.0 Å². The van der Waals surface area contributed by atoms with Gasteiger partial charge in [0.05, 0.1) is 29.5 Å². The molecular weight excluding hydrogens is 421 g/mol. The molecule has 1 aliphatic heterocycles. The molecule has 3 N–H and O–H groups in total. The van der Waals surface area contributed by atoms with E-state index in [0.29, 0.717) is 16.4 Å². The van der Waals surface area contributed by atoms with Crippen LogP contribution in [-0.2, 0) is 9.63 Å². The maximum Gasteiger partial charge on any atom is 0.277 e. The largest absolute Gasteiger partial charge is 0.394 e. The van der Waals surface area contributed by atoms with E-state index in [1.54, 1.807) is 37.4 Å². The Morgan fingerprint density at radius 1 is 1.35 bits per heavy atom. The van der Waals surface area contributed by atoms with Crippen molar-refractivity contribution in [3.63, 3.8) is 0 Å². The molecular formula is C23H31ClFN3O3. The first-order valence-corrected chi connectivity index (χ1v) is 10.6. The van der Waals surface area contributed by atoms with E-state index in [4.69, 9.17) is 21.5 Å². The summed E-state index contributed by atoms with van der Waals surface area (Å²) in [6.45, 7) is 9.24. The molecule has 0 aliphatic carbocycles. The first kappa shape index (κ1) is 26.4. The highest BCUT2D eigenvalue weighted by molar-refractivity contribution is 6.33. The topological polar surface area (TPSA) is 73.8 Å². The number of nitrogens with zero attached hydrogens (tertiary/aromatic N) is 1.